The topological polar surface area (TPSA) is 55.1 Å². The molecule has 0 aliphatic rings. The number of anilines is 1. The van der Waals surface area contributed by atoms with Crippen LogP contribution in [0, 0.1) is 0 Å². The Balaban J connectivity index is 1.98. The fraction of sp³-hybridized carbons (Fsp3) is 0.300. The molecule has 0 bridgehead atoms. The van der Waals surface area contributed by atoms with Gasteiger partial charge in [0.2, 0.25) is 11.8 Å². The zero-order valence-electron chi connectivity index (χ0n) is 14.6. The number of amides is 1. The molecule has 0 aliphatic heterocycles. The second kappa shape index (κ2) is 7.28. The van der Waals surface area contributed by atoms with Crippen molar-refractivity contribution in [1.29, 1.82) is 0 Å². The molecular weight excluding hydrogens is 336 g/mol. The van der Waals surface area contributed by atoms with Gasteiger partial charge < -0.3 is 9.73 Å². The van der Waals surface area contributed by atoms with E-state index in [-0.39, 0.29) is 5.91 Å². The molecule has 25 heavy (non-hydrogen) atoms. The zero-order chi connectivity index (χ0) is 18.0. The third-order valence-electron chi connectivity index (χ3n) is 4.40. The van der Waals surface area contributed by atoms with Gasteiger partial charge in [-0.05, 0) is 48.2 Å². The molecule has 0 saturated heterocycles. The second-order valence-corrected chi connectivity index (χ2v) is 6.56. The molecule has 5 heteroatoms. The van der Waals surface area contributed by atoms with E-state index in [9.17, 15) is 4.79 Å². The molecule has 4 nitrogen and oxygen atoms in total. The number of rotatable bonds is 5. The van der Waals surface area contributed by atoms with Crippen molar-refractivity contribution in [3.63, 3.8) is 0 Å². The minimum Gasteiger partial charge on any atom is -0.436 e. The molecule has 130 valence electrons. The van der Waals surface area contributed by atoms with E-state index in [0.29, 0.717) is 28.9 Å². The van der Waals surface area contributed by atoms with Crippen LogP contribution in [0.25, 0.3) is 22.6 Å². The predicted molar refractivity (Wildman–Crippen MR) is 102 cm³/mol. The fourth-order valence-electron chi connectivity index (χ4n) is 2.60. The summed E-state index contributed by atoms with van der Waals surface area (Å²) in [6.07, 6.45) is 1.47. The van der Waals surface area contributed by atoms with E-state index >= 15 is 0 Å². The average Bonchev–Trinajstić information content (AvgIpc) is 3.05. The molecule has 1 aromatic heterocycles. The Morgan fingerprint density at radius 1 is 1.24 bits per heavy atom. The van der Waals surface area contributed by atoms with Gasteiger partial charge in [-0.15, -0.1) is 0 Å². The van der Waals surface area contributed by atoms with Gasteiger partial charge in [0.1, 0.15) is 5.52 Å². The summed E-state index contributed by atoms with van der Waals surface area (Å²) in [6.45, 7) is 6.16. The monoisotopic (exact) mass is 356 g/mol. The van der Waals surface area contributed by atoms with Gasteiger partial charge in [0.25, 0.3) is 0 Å². The van der Waals surface area contributed by atoms with Crippen LogP contribution in [0.15, 0.2) is 40.8 Å². The number of carbonyl (C=O) groups excluding carboxylic acids is 1. The van der Waals surface area contributed by atoms with Crippen molar-refractivity contribution in [3.05, 3.63) is 47.0 Å². The molecule has 2 aromatic carbocycles. The molecule has 1 heterocycles. The summed E-state index contributed by atoms with van der Waals surface area (Å²) in [7, 11) is 0. The van der Waals surface area contributed by atoms with Crippen molar-refractivity contribution in [2.45, 2.75) is 39.5 Å². The van der Waals surface area contributed by atoms with Crippen LogP contribution in [0.2, 0.25) is 5.02 Å². The van der Waals surface area contributed by atoms with Gasteiger partial charge in [-0.3, -0.25) is 4.79 Å². The largest absolute Gasteiger partial charge is 0.436 e. The SMILES string of the molecule is CCC(=O)Nc1cc(-c2nc3cc(C(C)CC)ccc3o2)ccc1Cl. The number of benzene rings is 2. The lowest BCUT2D eigenvalue weighted by molar-refractivity contribution is -0.115. The molecule has 1 unspecified atom stereocenters. The minimum absolute atomic E-state index is 0.0881. The van der Waals surface area contributed by atoms with Crippen molar-refractivity contribution < 1.29 is 9.21 Å². The molecule has 3 aromatic rings. The van der Waals surface area contributed by atoms with Crippen molar-refractivity contribution in [2.24, 2.45) is 0 Å². The van der Waals surface area contributed by atoms with Crippen LogP contribution in [0.5, 0.6) is 0 Å². The van der Waals surface area contributed by atoms with Crippen LogP contribution >= 0.6 is 11.6 Å². The van der Waals surface area contributed by atoms with E-state index in [1.54, 1.807) is 19.1 Å². The number of carbonyl (C=O) groups is 1. The van der Waals surface area contributed by atoms with E-state index in [1.165, 1.54) is 5.56 Å². The number of nitrogens with one attached hydrogen (secondary N) is 1. The first-order valence-electron chi connectivity index (χ1n) is 8.52. The molecule has 0 aliphatic carbocycles. The molecule has 1 amide bonds. The quantitative estimate of drug-likeness (QED) is 0.609. The van der Waals surface area contributed by atoms with Crippen LogP contribution in [-0.2, 0) is 4.79 Å². The summed E-state index contributed by atoms with van der Waals surface area (Å²) in [6, 6.07) is 11.5. The molecule has 3 rings (SSSR count). The van der Waals surface area contributed by atoms with Gasteiger partial charge >= 0.3 is 0 Å². The highest BCUT2D eigenvalue weighted by molar-refractivity contribution is 6.33. The number of halogens is 1. The minimum atomic E-state index is -0.0881. The Bertz CT molecular complexity index is 917. The van der Waals surface area contributed by atoms with Gasteiger partial charge in [-0.1, -0.05) is 38.4 Å². The lowest BCUT2D eigenvalue weighted by Crippen LogP contribution is -2.09. The lowest BCUT2D eigenvalue weighted by Gasteiger charge is -2.07. The third-order valence-corrected chi connectivity index (χ3v) is 4.73. The van der Waals surface area contributed by atoms with Gasteiger partial charge in [0, 0.05) is 12.0 Å². The Morgan fingerprint density at radius 2 is 2.04 bits per heavy atom. The second-order valence-electron chi connectivity index (χ2n) is 6.15. The number of oxazole rings is 1. The van der Waals surface area contributed by atoms with Crippen molar-refractivity contribution >= 4 is 34.3 Å². The highest BCUT2D eigenvalue weighted by atomic mass is 35.5. The van der Waals surface area contributed by atoms with E-state index in [0.717, 1.165) is 23.1 Å². The molecule has 0 spiro atoms. The standard InChI is InChI=1S/C20H21ClN2O2/c1-4-12(3)13-7-9-18-17(10-13)23-20(25-18)14-6-8-15(21)16(11-14)22-19(24)5-2/h6-12H,4-5H2,1-3H3,(H,22,24). The van der Waals surface area contributed by atoms with Gasteiger partial charge in [-0.25, -0.2) is 4.98 Å². The number of hydrogen-bond donors (Lipinski definition) is 1. The van der Waals surface area contributed by atoms with E-state index in [2.05, 4.69) is 36.3 Å². The van der Waals surface area contributed by atoms with Crippen molar-refractivity contribution in [1.82, 2.24) is 4.98 Å². The maximum atomic E-state index is 11.6. The predicted octanol–water partition coefficient (Wildman–Crippen LogP) is 6.01. The maximum absolute atomic E-state index is 11.6. The smallest absolute Gasteiger partial charge is 0.227 e. The lowest BCUT2D eigenvalue weighted by atomic mass is 9.98. The van der Waals surface area contributed by atoms with Crippen molar-refractivity contribution in [3.8, 4) is 11.5 Å². The van der Waals surface area contributed by atoms with E-state index in [4.69, 9.17) is 16.0 Å². The highest BCUT2D eigenvalue weighted by Gasteiger charge is 2.13. The van der Waals surface area contributed by atoms with Gasteiger partial charge in [0.05, 0.1) is 10.7 Å². The maximum Gasteiger partial charge on any atom is 0.227 e. The summed E-state index contributed by atoms with van der Waals surface area (Å²) < 4.78 is 5.88. The first-order valence-corrected chi connectivity index (χ1v) is 8.89. The molecule has 0 fully saturated rings. The van der Waals surface area contributed by atoms with Crippen LogP contribution in [0.3, 0.4) is 0 Å². The van der Waals surface area contributed by atoms with Crippen LogP contribution in [0.4, 0.5) is 5.69 Å². The third kappa shape index (κ3) is 3.69. The summed E-state index contributed by atoms with van der Waals surface area (Å²) in [5.74, 6) is 0.908. The van der Waals surface area contributed by atoms with Crippen LogP contribution in [-0.4, -0.2) is 10.9 Å². The van der Waals surface area contributed by atoms with E-state index < -0.39 is 0 Å². The van der Waals surface area contributed by atoms with Gasteiger partial charge in [0.15, 0.2) is 5.58 Å². The molecule has 1 N–H and O–H groups in total. The summed E-state index contributed by atoms with van der Waals surface area (Å²) >= 11 is 6.17. The zero-order valence-corrected chi connectivity index (χ0v) is 15.4. The van der Waals surface area contributed by atoms with E-state index in [1.807, 2.05) is 12.1 Å². The Labute approximate surface area is 152 Å². The number of hydrogen-bond acceptors (Lipinski definition) is 3. The summed E-state index contributed by atoms with van der Waals surface area (Å²) in [5, 5.41) is 3.28. The van der Waals surface area contributed by atoms with Crippen LogP contribution < -0.4 is 5.32 Å². The first kappa shape index (κ1) is 17.5. The van der Waals surface area contributed by atoms with Crippen molar-refractivity contribution in [2.75, 3.05) is 5.32 Å². The molecule has 0 saturated carbocycles. The van der Waals surface area contributed by atoms with Gasteiger partial charge in [-0.2, -0.15) is 0 Å². The molecular formula is C20H21ClN2O2. The normalized spacial score (nSPS) is 12.3. The number of fused-ring (bicyclic) bond motifs is 1. The first-order chi connectivity index (χ1) is 12.0. The summed E-state index contributed by atoms with van der Waals surface area (Å²) in [5.41, 5.74) is 4.17. The molecule has 1 atom stereocenters. The Morgan fingerprint density at radius 3 is 2.76 bits per heavy atom. The summed E-state index contributed by atoms with van der Waals surface area (Å²) in [4.78, 5) is 16.3. The number of nitrogens with zero attached hydrogens (tertiary/aromatic N) is 1. The highest BCUT2D eigenvalue weighted by Crippen LogP contribution is 2.31. The average molecular weight is 357 g/mol. The van der Waals surface area contributed by atoms with Crippen LogP contribution in [0.1, 0.15) is 45.1 Å². The molecule has 0 radical (unpaired) electrons. The Kier molecular flexibility index (Phi) is 5.09. The fourth-order valence-corrected chi connectivity index (χ4v) is 2.77. The number of aromatic nitrogens is 1. The Hall–Kier alpha value is -2.33.